The van der Waals surface area contributed by atoms with E-state index >= 15 is 0 Å². The maximum absolute atomic E-state index is 12.6. The summed E-state index contributed by atoms with van der Waals surface area (Å²) in [5, 5.41) is 30.9. The monoisotopic (exact) mass is 408 g/mol. The molecule has 158 valence electrons. The van der Waals surface area contributed by atoms with Gasteiger partial charge in [-0.25, -0.2) is 0 Å². The third kappa shape index (κ3) is 4.92. The van der Waals surface area contributed by atoms with E-state index in [4.69, 9.17) is 4.74 Å². The SMILES string of the molecule is CC(C)=CCCC(C)(O)C1Cc2c(ccc(C(=O)C=Cc3ccc(O)cc3)c2O)O1. The number of carbonyl (C=O) groups is 1. The normalized spacial score (nSPS) is 17.3. The van der Waals surface area contributed by atoms with Crippen LogP contribution < -0.4 is 4.74 Å². The lowest BCUT2D eigenvalue weighted by Crippen LogP contribution is -2.42. The zero-order valence-corrected chi connectivity index (χ0v) is 17.6. The topological polar surface area (TPSA) is 87.0 Å². The van der Waals surface area contributed by atoms with Gasteiger partial charge in [-0.1, -0.05) is 29.9 Å². The molecule has 2 unspecified atom stereocenters. The van der Waals surface area contributed by atoms with Crippen LogP contribution in [0.5, 0.6) is 17.2 Å². The molecule has 5 heteroatoms. The smallest absolute Gasteiger partial charge is 0.189 e. The van der Waals surface area contributed by atoms with Crippen LogP contribution in [0.1, 0.15) is 55.1 Å². The number of carbonyl (C=O) groups excluding carboxylic acids is 1. The van der Waals surface area contributed by atoms with Crippen LogP contribution >= 0.6 is 0 Å². The van der Waals surface area contributed by atoms with E-state index < -0.39 is 11.7 Å². The number of phenolic OH excluding ortho intramolecular Hbond substituents is 2. The van der Waals surface area contributed by atoms with Gasteiger partial charge in [0.1, 0.15) is 23.4 Å². The number of allylic oxidation sites excluding steroid dienone is 3. The maximum atomic E-state index is 12.6. The van der Waals surface area contributed by atoms with Crippen molar-refractivity contribution in [1.29, 1.82) is 0 Å². The van der Waals surface area contributed by atoms with E-state index in [9.17, 15) is 20.1 Å². The average Bonchev–Trinajstić information content (AvgIpc) is 3.13. The Bertz CT molecular complexity index is 979. The first-order valence-electron chi connectivity index (χ1n) is 10.1. The highest BCUT2D eigenvalue weighted by molar-refractivity contribution is 6.09. The number of aliphatic hydroxyl groups is 1. The van der Waals surface area contributed by atoms with Crippen LogP contribution in [0.3, 0.4) is 0 Å². The second kappa shape index (κ2) is 8.76. The molecule has 0 aliphatic carbocycles. The fourth-order valence-electron chi connectivity index (χ4n) is 3.51. The van der Waals surface area contributed by atoms with Gasteiger partial charge >= 0.3 is 0 Å². The molecule has 3 rings (SSSR count). The highest BCUT2D eigenvalue weighted by Gasteiger charge is 2.39. The summed E-state index contributed by atoms with van der Waals surface area (Å²) in [6, 6.07) is 9.67. The van der Waals surface area contributed by atoms with E-state index in [1.54, 1.807) is 31.2 Å². The van der Waals surface area contributed by atoms with Crippen molar-refractivity contribution >= 4 is 11.9 Å². The molecule has 1 heterocycles. The van der Waals surface area contributed by atoms with E-state index in [0.717, 1.165) is 12.0 Å². The van der Waals surface area contributed by atoms with Gasteiger partial charge in [0.2, 0.25) is 0 Å². The third-order valence-electron chi connectivity index (χ3n) is 5.38. The van der Waals surface area contributed by atoms with Crippen LogP contribution in [0.2, 0.25) is 0 Å². The van der Waals surface area contributed by atoms with Crippen LogP contribution in [0, 0.1) is 0 Å². The van der Waals surface area contributed by atoms with E-state index in [0.29, 0.717) is 24.2 Å². The first kappa shape index (κ1) is 21.7. The molecule has 2 atom stereocenters. The number of ketones is 1. The lowest BCUT2D eigenvalue weighted by Gasteiger charge is -2.29. The van der Waals surface area contributed by atoms with Crippen LogP contribution in [0.4, 0.5) is 0 Å². The molecule has 0 radical (unpaired) electrons. The number of hydrogen-bond acceptors (Lipinski definition) is 5. The number of hydrogen-bond donors (Lipinski definition) is 3. The Morgan fingerprint density at radius 2 is 1.87 bits per heavy atom. The van der Waals surface area contributed by atoms with E-state index in [1.165, 1.54) is 29.8 Å². The van der Waals surface area contributed by atoms with E-state index in [1.807, 2.05) is 13.8 Å². The molecule has 0 aromatic heterocycles. The summed E-state index contributed by atoms with van der Waals surface area (Å²) < 4.78 is 5.90. The summed E-state index contributed by atoms with van der Waals surface area (Å²) >= 11 is 0. The van der Waals surface area contributed by atoms with Crippen molar-refractivity contribution in [2.75, 3.05) is 0 Å². The Kier molecular flexibility index (Phi) is 6.32. The third-order valence-corrected chi connectivity index (χ3v) is 5.38. The number of fused-ring (bicyclic) bond motifs is 1. The molecule has 0 saturated carbocycles. The predicted octanol–water partition coefficient (Wildman–Crippen LogP) is 4.79. The minimum Gasteiger partial charge on any atom is -0.508 e. The van der Waals surface area contributed by atoms with Gasteiger partial charge in [0.25, 0.3) is 0 Å². The average molecular weight is 408 g/mol. The predicted molar refractivity (Wildman–Crippen MR) is 117 cm³/mol. The van der Waals surface area contributed by atoms with Gasteiger partial charge in [-0.2, -0.15) is 0 Å². The van der Waals surface area contributed by atoms with Gasteiger partial charge in [-0.05, 0) is 69.5 Å². The van der Waals surface area contributed by atoms with Crippen LogP contribution in [-0.4, -0.2) is 32.8 Å². The quantitative estimate of drug-likeness (QED) is 0.348. The highest BCUT2D eigenvalue weighted by atomic mass is 16.5. The van der Waals surface area contributed by atoms with Gasteiger partial charge in [-0.15, -0.1) is 0 Å². The number of benzene rings is 2. The van der Waals surface area contributed by atoms with Gasteiger partial charge in [0.15, 0.2) is 5.78 Å². The zero-order valence-electron chi connectivity index (χ0n) is 17.6. The van der Waals surface area contributed by atoms with Crippen LogP contribution in [0.15, 0.2) is 54.1 Å². The van der Waals surface area contributed by atoms with Crippen molar-refractivity contribution < 1.29 is 24.9 Å². The van der Waals surface area contributed by atoms with E-state index in [-0.39, 0.29) is 22.8 Å². The van der Waals surface area contributed by atoms with Gasteiger partial charge in [0.05, 0.1) is 11.2 Å². The molecule has 2 aromatic rings. The summed E-state index contributed by atoms with van der Waals surface area (Å²) in [4.78, 5) is 12.6. The minimum atomic E-state index is -1.06. The van der Waals surface area contributed by atoms with Gasteiger partial charge < -0.3 is 20.1 Å². The van der Waals surface area contributed by atoms with Crippen molar-refractivity contribution in [1.82, 2.24) is 0 Å². The molecule has 5 nitrogen and oxygen atoms in total. The molecule has 0 amide bonds. The molecular formula is C25H28O5. The summed E-state index contributed by atoms with van der Waals surface area (Å²) in [7, 11) is 0. The Balaban J connectivity index is 1.74. The number of phenols is 2. The molecule has 0 saturated heterocycles. The lowest BCUT2D eigenvalue weighted by atomic mass is 9.89. The molecule has 1 aliphatic heterocycles. The van der Waals surface area contributed by atoms with Crippen LogP contribution in [0.25, 0.3) is 6.08 Å². The zero-order chi connectivity index (χ0) is 21.9. The second-order valence-electron chi connectivity index (χ2n) is 8.22. The first-order chi connectivity index (χ1) is 14.2. The van der Waals surface area contributed by atoms with Crippen molar-refractivity contribution in [2.45, 2.75) is 51.7 Å². The van der Waals surface area contributed by atoms with Gasteiger partial charge in [-0.3, -0.25) is 4.79 Å². The Morgan fingerprint density at radius 3 is 2.53 bits per heavy atom. The summed E-state index contributed by atoms with van der Waals surface area (Å²) in [6.45, 7) is 5.78. The molecule has 0 bridgehead atoms. The first-order valence-corrected chi connectivity index (χ1v) is 10.1. The summed E-state index contributed by atoms with van der Waals surface area (Å²) in [5.41, 5.74) is 1.64. The Hall–Kier alpha value is -3.05. The summed E-state index contributed by atoms with van der Waals surface area (Å²) in [6.07, 6.45) is 6.22. The highest BCUT2D eigenvalue weighted by Crippen LogP contribution is 2.41. The Labute approximate surface area is 177 Å². The Morgan fingerprint density at radius 1 is 1.17 bits per heavy atom. The van der Waals surface area contributed by atoms with Crippen molar-refractivity contribution in [3.05, 3.63) is 70.8 Å². The van der Waals surface area contributed by atoms with Crippen LogP contribution in [-0.2, 0) is 6.42 Å². The van der Waals surface area contributed by atoms with Crippen molar-refractivity contribution in [3.8, 4) is 17.2 Å². The number of aromatic hydroxyl groups is 2. The standard InChI is InChI=1S/C25H28O5/c1-16(2)5-4-14-25(3,29)23-15-20-22(30-23)13-11-19(24(20)28)21(27)12-8-17-6-9-18(26)10-7-17/h5-13,23,26,28-29H,4,14-15H2,1-3H3. The molecule has 3 N–H and O–H groups in total. The molecular weight excluding hydrogens is 380 g/mol. The molecule has 0 fully saturated rings. The minimum absolute atomic E-state index is 0.101. The lowest BCUT2D eigenvalue weighted by molar-refractivity contribution is -0.0433. The number of rotatable bonds is 7. The van der Waals surface area contributed by atoms with Gasteiger partial charge in [0, 0.05) is 12.0 Å². The second-order valence-corrected chi connectivity index (χ2v) is 8.22. The maximum Gasteiger partial charge on any atom is 0.189 e. The molecule has 0 spiro atoms. The molecule has 30 heavy (non-hydrogen) atoms. The molecule has 1 aliphatic rings. The summed E-state index contributed by atoms with van der Waals surface area (Å²) in [5.74, 6) is 0.220. The molecule has 2 aromatic carbocycles. The largest absolute Gasteiger partial charge is 0.508 e. The van der Waals surface area contributed by atoms with Crippen molar-refractivity contribution in [3.63, 3.8) is 0 Å². The fraction of sp³-hybridized carbons (Fsp3) is 0.320. The number of ether oxygens (including phenoxy) is 1. The van der Waals surface area contributed by atoms with Crippen molar-refractivity contribution in [2.24, 2.45) is 0 Å². The fourth-order valence-corrected chi connectivity index (χ4v) is 3.51. The van der Waals surface area contributed by atoms with E-state index in [2.05, 4.69) is 6.08 Å².